The molecule has 3 rings (SSSR count). The van der Waals surface area contributed by atoms with E-state index in [4.69, 9.17) is 5.11 Å². The lowest BCUT2D eigenvalue weighted by atomic mass is 10.3. The van der Waals surface area contributed by atoms with Gasteiger partial charge in [-0.2, -0.15) is 0 Å². The second kappa shape index (κ2) is 4.68. The van der Waals surface area contributed by atoms with Gasteiger partial charge in [0.15, 0.2) is 0 Å². The van der Waals surface area contributed by atoms with Crippen LogP contribution in [0.25, 0.3) is 0 Å². The number of amides is 1. The Labute approximate surface area is 106 Å². The third-order valence-corrected chi connectivity index (χ3v) is 3.50. The number of hydrogen-bond donors (Lipinski definition) is 1. The van der Waals surface area contributed by atoms with Gasteiger partial charge in [-0.1, -0.05) is 5.21 Å². The minimum atomic E-state index is 0.0208. The lowest BCUT2D eigenvalue weighted by molar-refractivity contribution is -0.133. The molecule has 0 saturated heterocycles. The molecule has 2 aliphatic carbocycles. The van der Waals surface area contributed by atoms with Gasteiger partial charge in [0.05, 0.1) is 12.3 Å². The lowest BCUT2D eigenvalue weighted by Crippen LogP contribution is -2.37. The van der Waals surface area contributed by atoms with Crippen LogP contribution in [-0.2, 0) is 11.3 Å². The molecule has 1 aromatic rings. The van der Waals surface area contributed by atoms with Gasteiger partial charge in [-0.3, -0.25) is 4.79 Å². The fourth-order valence-corrected chi connectivity index (χ4v) is 2.19. The second-order valence-corrected chi connectivity index (χ2v) is 5.16. The maximum Gasteiger partial charge on any atom is 0.244 e. The summed E-state index contributed by atoms with van der Waals surface area (Å²) in [6.45, 7) is 0.677. The summed E-state index contributed by atoms with van der Waals surface area (Å²) in [5.41, 5.74) is 1.00. The summed E-state index contributed by atoms with van der Waals surface area (Å²) in [5.74, 6) is 0.588. The number of carbonyl (C=O) groups is 1. The van der Waals surface area contributed by atoms with Crippen molar-refractivity contribution in [1.82, 2.24) is 19.9 Å². The number of nitrogens with zero attached hydrogens (tertiary/aromatic N) is 4. The quantitative estimate of drug-likeness (QED) is 0.779. The highest BCUT2D eigenvalue weighted by Crippen LogP contribution is 2.38. The van der Waals surface area contributed by atoms with E-state index in [2.05, 4.69) is 10.3 Å². The zero-order valence-corrected chi connectivity index (χ0v) is 10.3. The Morgan fingerprint density at radius 3 is 2.83 bits per heavy atom. The van der Waals surface area contributed by atoms with E-state index in [-0.39, 0.29) is 19.1 Å². The smallest absolute Gasteiger partial charge is 0.244 e. The molecular formula is C12H18N4O2. The van der Waals surface area contributed by atoms with Crippen LogP contribution in [0.4, 0.5) is 0 Å². The van der Waals surface area contributed by atoms with Gasteiger partial charge in [-0.05, 0) is 25.7 Å². The number of aromatic nitrogens is 3. The summed E-state index contributed by atoms with van der Waals surface area (Å²) in [5, 5.41) is 17.1. The highest BCUT2D eigenvalue weighted by Gasteiger charge is 2.32. The van der Waals surface area contributed by atoms with Crippen LogP contribution in [0.5, 0.6) is 0 Å². The van der Waals surface area contributed by atoms with Gasteiger partial charge < -0.3 is 10.0 Å². The summed E-state index contributed by atoms with van der Waals surface area (Å²) < 4.78 is 1.61. The number of aliphatic hydroxyl groups is 1. The van der Waals surface area contributed by atoms with Crippen LogP contribution in [0.3, 0.4) is 0 Å². The molecule has 0 aliphatic heterocycles. The first-order valence-electron chi connectivity index (χ1n) is 6.58. The van der Waals surface area contributed by atoms with Crippen LogP contribution in [0, 0.1) is 0 Å². The van der Waals surface area contributed by atoms with Crippen molar-refractivity contribution in [2.24, 2.45) is 0 Å². The van der Waals surface area contributed by atoms with Crippen molar-refractivity contribution >= 4 is 5.91 Å². The van der Waals surface area contributed by atoms with E-state index in [0.29, 0.717) is 18.5 Å². The summed E-state index contributed by atoms with van der Waals surface area (Å²) >= 11 is 0. The Morgan fingerprint density at radius 1 is 1.44 bits per heavy atom. The van der Waals surface area contributed by atoms with Crippen LogP contribution >= 0.6 is 0 Å². The minimum absolute atomic E-state index is 0.0208. The predicted octanol–water partition coefficient (Wildman–Crippen LogP) is 0.139. The Kier molecular flexibility index (Phi) is 3.03. The highest BCUT2D eigenvalue weighted by molar-refractivity contribution is 5.76. The molecule has 2 saturated carbocycles. The third kappa shape index (κ3) is 2.53. The van der Waals surface area contributed by atoms with Crippen molar-refractivity contribution in [3.63, 3.8) is 0 Å². The monoisotopic (exact) mass is 250 g/mol. The Balaban J connectivity index is 1.60. The maximum atomic E-state index is 12.1. The van der Waals surface area contributed by atoms with E-state index in [1.807, 2.05) is 6.20 Å². The molecule has 0 atom stereocenters. The molecule has 0 spiro atoms. The summed E-state index contributed by atoms with van der Waals surface area (Å²) in [6, 6.07) is 0.330. The molecule has 2 aliphatic rings. The van der Waals surface area contributed by atoms with Crippen LogP contribution in [-0.4, -0.2) is 50.1 Å². The normalized spacial score (nSPS) is 18.9. The van der Waals surface area contributed by atoms with Crippen molar-refractivity contribution in [3.05, 3.63) is 11.9 Å². The largest absolute Gasteiger partial charge is 0.395 e. The molecule has 18 heavy (non-hydrogen) atoms. The Hall–Kier alpha value is -1.43. The van der Waals surface area contributed by atoms with Gasteiger partial charge in [0.25, 0.3) is 0 Å². The first-order valence-corrected chi connectivity index (χ1v) is 6.58. The lowest BCUT2D eigenvalue weighted by Gasteiger charge is -2.20. The molecule has 0 bridgehead atoms. The van der Waals surface area contributed by atoms with E-state index >= 15 is 0 Å². The highest BCUT2D eigenvalue weighted by atomic mass is 16.3. The molecule has 2 fully saturated rings. The molecule has 98 valence electrons. The van der Waals surface area contributed by atoms with Gasteiger partial charge in [-0.15, -0.1) is 5.10 Å². The molecule has 0 unspecified atom stereocenters. The van der Waals surface area contributed by atoms with Gasteiger partial charge in [-0.25, -0.2) is 4.68 Å². The fraction of sp³-hybridized carbons (Fsp3) is 0.750. The fourth-order valence-electron chi connectivity index (χ4n) is 2.19. The van der Waals surface area contributed by atoms with E-state index in [0.717, 1.165) is 18.5 Å². The van der Waals surface area contributed by atoms with Gasteiger partial charge in [0, 0.05) is 24.7 Å². The van der Waals surface area contributed by atoms with E-state index < -0.39 is 0 Å². The number of aliphatic hydroxyl groups excluding tert-OH is 1. The van der Waals surface area contributed by atoms with Gasteiger partial charge in [0.2, 0.25) is 5.91 Å². The van der Waals surface area contributed by atoms with E-state index in [1.165, 1.54) is 12.8 Å². The SMILES string of the molecule is O=C(Cn1cc(C2CC2)nn1)N(CCO)C1CC1. The van der Waals surface area contributed by atoms with Gasteiger partial charge in [0.1, 0.15) is 6.54 Å². The van der Waals surface area contributed by atoms with Crippen molar-refractivity contribution < 1.29 is 9.90 Å². The van der Waals surface area contributed by atoms with Crippen LogP contribution < -0.4 is 0 Å². The maximum absolute atomic E-state index is 12.1. The average Bonchev–Trinajstić information content (AvgIpc) is 3.26. The van der Waals surface area contributed by atoms with E-state index in [1.54, 1.807) is 9.58 Å². The van der Waals surface area contributed by atoms with Crippen molar-refractivity contribution in [3.8, 4) is 0 Å². The first kappa shape index (κ1) is 11.6. The molecule has 6 heteroatoms. The van der Waals surface area contributed by atoms with Crippen molar-refractivity contribution in [1.29, 1.82) is 0 Å². The summed E-state index contributed by atoms with van der Waals surface area (Å²) in [7, 11) is 0. The first-order chi connectivity index (χ1) is 8.78. The molecule has 1 N–H and O–H groups in total. The standard InChI is InChI=1S/C12H18N4O2/c17-6-5-16(10-3-4-10)12(18)8-15-7-11(13-14-15)9-1-2-9/h7,9-10,17H,1-6,8H2. The van der Waals surface area contributed by atoms with Crippen molar-refractivity contribution in [2.45, 2.75) is 44.2 Å². The second-order valence-electron chi connectivity index (χ2n) is 5.16. The molecule has 6 nitrogen and oxygen atoms in total. The van der Waals surface area contributed by atoms with Crippen LogP contribution in [0.2, 0.25) is 0 Å². The Bertz CT molecular complexity index is 437. The van der Waals surface area contributed by atoms with Crippen LogP contribution in [0.1, 0.15) is 37.3 Å². The molecule has 0 aromatic carbocycles. The molecule has 0 radical (unpaired) electrons. The third-order valence-electron chi connectivity index (χ3n) is 3.50. The zero-order valence-electron chi connectivity index (χ0n) is 10.3. The molecule has 1 heterocycles. The van der Waals surface area contributed by atoms with Crippen molar-refractivity contribution in [2.75, 3.05) is 13.2 Å². The molecular weight excluding hydrogens is 232 g/mol. The van der Waals surface area contributed by atoms with E-state index in [9.17, 15) is 4.79 Å². The molecule has 1 aromatic heterocycles. The predicted molar refractivity (Wildman–Crippen MR) is 63.8 cm³/mol. The number of carbonyl (C=O) groups excluding carboxylic acids is 1. The number of rotatable bonds is 6. The topological polar surface area (TPSA) is 71.2 Å². The molecule has 1 amide bonds. The Morgan fingerprint density at radius 2 is 2.22 bits per heavy atom. The zero-order chi connectivity index (χ0) is 12.5. The van der Waals surface area contributed by atoms with Crippen LogP contribution in [0.15, 0.2) is 6.20 Å². The average molecular weight is 250 g/mol. The summed E-state index contributed by atoms with van der Waals surface area (Å²) in [4.78, 5) is 13.9. The number of hydrogen-bond acceptors (Lipinski definition) is 4. The van der Waals surface area contributed by atoms with Gasteiger partial charge >= 0.3 is 0 Å². The summed E-state index contributed by atoms with van der Waals surface area (Å²) in [6.07, 6.45) is 6.35. The minimum Gasteiger partial charge on any atom is -0.395 e.